The summed E-state index contributed by atoms with van der Waals surface area (Å²) in [5.74, 6) is 0.200. The van der Waals surface area contributed by atoms with Crippen LogP contribution in [0.3, 0.4) is 0 Å². The minimum Gasteiger partial charge on any atom is -0.358 e. The molecule has 0 radical (unpaired) electrons. The van der Waals surface area contributed by atoms with Gasteiger partial charge in [-0.2, -0.15) is 0 Å². The molecule has 1 aromatic carbocycles. The smallest absolute Gasteiger partial charge is 0.229 e. The highest BCUT2D eigenvalue weighted by molar-refractivity contribution is 8.00. The van der Waals surface area contributed by atoms with Gasteiger partial charge in [0.2, 0.25) is 5.91 Å². The van der Waals surface area contributed by atoms with Crippen LogP contribution in [0.1, 0.15) is 17.7 Å². The lowest BCUT2D eigenvalue weighted by Gasteiger charge is -2.10. The first kappa shape index (κ1) is 12.0. The maximum atomic E-state index is 12.6. The van der Waals surface area contributed by atoms with Crippen LogP contribution in [-0.4, -0.2) is 18.7 Å². The van der Waals surface area contributed by atoms with Gasteiger partial charge in [-0.1, -0.05) is 12.1 Å². The van der Waals surface area contributed by atoms with Gasteiger partial charge in [-0.15, -0.1) is 11.8 Å². The lowest BCUT2D eigenvalue weighted by molar-refractivity contribution is -0.118. The molecule has 0 saturated carbocycles. The molecule has 1 amide bonds. The van der Waals surface area contributed by atoms with Gasteiger partial charge in [0.15, 0.2) is 0 Å². The summed E-state index contributed by atoms with van der Waals surface area (Å²) >= 11 is 1.53. The first-order valence-electron chi connectivity index (χ1n) is 4.71. The molecule has 15 heavy (non-hydrogen) atoms. The standard InChI is InChI=1S/C11H14FNOS/c1-8(15-7-11(14)13-2)9-3-5-10(12)6-4-9/h3-6,8H,7H2,1-2H3,(H,13,14). The zero-order chi connectivity index (χ0) is 11.3. The SMILES string of the molecule is CNC(=O)CSC(C)c1ccc(F)cc1. The number of hydrogen-bond acceptors (Lipinski definition) is 2. The normalized spacial score (nSPS) is 12.2. The van der Waals surface area contributed by atoms with Crippen LogP contribution < -0.4 is 5.32 Å². The van der Waals surface area contributed by atoms with E-state index in [9.17, 15) is 9.18 Å². The minimum absolute atomic E-state index is 0.00830. The van der Waals surface area contributed by atoms with Crippen molar-refractivity contribution in [1.82, 2.24) is 5.32 Å². The molecule has 2 nitrogen and oxygen atoms in total. The summed E-state index contributed by atoms with van der Waals surface area (Å²) < 4.78 is 12.6. The van der Waals surface area contributed by atoms with E-state index < -0.39 is 0 Å². The zero-order valence-electron chi connectivity index (χ0n) is 8.79. The van der Waals surface area contributed by atoms with Gasteiger partial charge in [0.05, 0.1) is 5.75 Å². The van der Waals surface area contributed by atoms with E-state index in [1.165, 1.54) is 23.9 Å². The highest BCUT2D eigenvalue weighted by Gasteiger charge is 2.08. The molecule has 0 aliphatic rings. The Morgan fingerprint density at radius 3 is 2.60 bits per heavy atom. The summed E-state index contributed by atoms with van der Waals surface area (Å²) in [6.07, 6.45) is 0. The fraction of sp³-hybridized carbons (Fsp3) is 0.364. The molecule has 0 aliphatic heterocycles. The molecule has 0 heterocycles. The Bertz CT molecular complexity index is 326. The summed E-state index contributed by atoms with van der Waals surface area (Å²) in [7, 11) is 1.62. The van der Waals surface area contributed by atoms with Crippen LogP contribution in [0, 0.1) is 5.82 Å². The summed E-state index contributed by atoms with van der Waals surface area (Å²) in [5.41, 5.74) is 1.03. The van der Waals surface area contributed by atoms with Gasteiger partial charge in [0, 0.05) is 12.3 Å². The van der Waals surface area contributed by atoms with Gasteiger partial charge >= 0.3 is 0 Å². The van der Waals surface area contributed by atoms with E-state index in [0.29, 0.717) is 5.75 Å². The second-order valence-electron chi connectivity index (χ2n) is 3.18. The largest absolute Gasteiger partial charge is 0.358 e. The Labute approximate surface area is 93.3 Å². The Morgan fingerprint density at radius 1 is 1.47 bits per heavy atom. The Balaban J connectivity index is 2.50. The van der Waals surface area contributed by atoms with E-state index >= 15 is 0 Å². The lowest BCUT2D eigenvalue weighted by atomic mass is 10.2. The third-order valence-corrected chi connectivity index (χ3v) is 3.28. The van der Waals surface area contributed by atoms with E-state index in [1.807, 2.05) is 6.92 Å². The quantitative estimate of drug-likeness (QED) is 0.855. The van der Waals surface area contributed by atoms with Crippen molar-refractivity contribution in [1.29, 1.82) is 0 Å². The molecule has 1 rings (SSSR count). The van der Waals surface area contributed by atoms with Crippen LogP contribution in [0.5, 0.6) is 0 Å². The van der Waals surface area contributed by atoms with Crippen molar-refractivity contribution in [2.24, 2.45) is 0 Å². The molecule has 4 heteroatoms. The average molecular weight is 227 g/mol. The molecular formula is C11H14FNOS. The molecule has 1 atom stereocenters. The van der Waals surface area contributed by atoms with Crippen molar-refractivity contribution >= 4 is 17.7 Å². The third kappa shape index (κ3) is 3.91. The minimum atomic E-state index is -0.234. The number of rotatable bonds is 4. The van der Waals surface area contributed by atoms with Crippen LogP contribution in [-0.2, 0) is 4.79 Å². The topological polar surface area (TPSA) is 29.1 Å². The predicted octanol–water partition coefficient (Wildman–Crippen LogP) is 2.37. The van der Waals surface area contributed by atoms with E-state index in [2.05, 4.69) is 5.32 Å². The van der Waals surface area contributed by atoms with Crippen LogP contribution >= 0.6 is 11.8 Å². The van der Waals surface area contributed by atoms with Crippen LogP contribution in [0.4, 0.5) is 4.39 Å². The van der Waals surface area contributed by atoms with Crippen molar-refractivity contribution in [2.45, 2.75) is 12.2 Å². The van der Waals surface area contributed by atoms with Crippen molar-refractivity contribution in [3.05, 3.63) is 35.6 Å². The molecule has 82 valence electrons. The van der Waals surface area contributed by atoms with Gasteiger partial charge in [-0.3, -0.25) is 4.79 Å². The van der Waals surface area contributed by atoms with E-state index in [0.717, 1.165) is 5.56 Å². The van der Waals surface area contributed by atoms with Crippen LogP contribution in [0.25, 0.3) is 0 Å². The average Bonchev–Trinajstić information content (AvgIpc) is 2.26. The number of thioether (sulfide) groups is 1. The van der Waals surface area contributed by atoms with Gasteiger partial charge in [0.25, 0.3) is 0 Å². The second kappa shape index (κ2) is 5.75. The molecule has 1 unspecified atom stereocenters. The molecule has 0 fully saturated rings. The first-order chi connectivity index (χ1) is 7.13. The molecule has 0 spiro atoms. The van der Waals surface area contributed by atoms with Gasteiger partial charge < -0.3 is 5.32 Å². The number of hydrogen-bond donors (Lipinski definition) is 1. The highest BCUT2D eigenvalue weighted by atomic mass is 32.2. The number of carbonyl (C=O) groups excluding carboxylic acids is 1. The molecule has 0 saturated heterocycles. The molecule has 0 aliphatic carbocycles. The maximum Gasteiger partial charge on any atom is 0.229 e. The van der Waals surface area contributed by atoms with Crippen molar-refractivity contribution in [2.75, 3.05) is 12.8 Å². The predicted molar refractivity (Wildman–Crippen MR) is 61.3 cm³/mol. The Morgan fingerprint density at radius 2 is 2.07 bits per heavy atom. The third-order valence-electron chi connectivity index (χ3n) is 2.08. The van der Waals surface area contributed by atoms with E-state index in [4.69, 9.17) is 0 Å². The monoisotopic (exact) mass is 227 g/mol. The van der Waals surface area contributed by atoms with Gasteiger partial charge in [-0.25, -0.2) is 4.39 Å². The number of carbonyl (C=O) groups is 1. The number of amides is 1. The first-order valence-corrected chi connectivity index (χ1v) is 5.76. The Kier molecular flexibility index (Phi) is 4.62. The molecule has 1 aromatic rings. The second-order valence-corrected chi connectivity index (χ2v) is 4.51. The van der Waals surface area contributed by atoms with E-state index in [-0.39, 0.29) is 17.0 Å². The van der Waals surface area contributed by atoms with Crippen molar-refractivity contribution in [3.8, 4) is 0 Å². The van der Waals surface area contributed by atoms with Crippen LogP contribution in [0.2, 0.25) is 0 Å². The summed E-state index contributed by atoms with van der Waals surface area (Å²) in [4.78, 5) is 11.0. The Hall–Kier alpha value is -1.03. The molecule has 1 N–H and O–H groups in total. The number of nitrogens with one attached hydrogen (secondary N) is 1. The van der Waals surface area contributed by atoms with Crippen LogP contribution in [0.15, 0.2) is 24.3 Å². The van der Waals surface area contributed by atoms with Crippen molar-refractivity contribution < 1.29 is 9.18 Å². The van der Waals surface area contributed by atoms with E-state index in [1.54, 1.807) is 19.2 Å². The molecule has 0 bridgehead atoms. The molecule has 0 aromatic heterocycles. The highest BCUT2D eigenvalue weighted by Crippen LogP contribution is 2.27. The zero-order valence-corrected chi connectivity index (χ0v) is 9.60. The number of benzene rings is 1. The summed E-state index contributed by atoms with van der Waals surface area (Å²) in [6, 6.07) is 6.37. The summed E-state index contributed by atoms with van der Waals surface area (Å²) in [5, 5.41) is 2.76. The molecular weight excluding hydrogens is 213 g/mol. The number of halogens is 1. The van der Waals surface area contributed by atoms with Crippen molar-refractivity contribution in [3.63, 3.8) is 0 Å². The fourth-order valence-corrected chi connectivity index (χ4v) is 2.00. The van der Waals surface area contributed by atoms with Gasteiger partial charge in [0.1, 0.15) is 5.82 Å². The fourth-order valence-electron chi connectivity index (χ4n) is 1.10. The lowest BCUT2D eigenvalue weighted by Crippen LogP contribution is -2.20. The summed E-state index contributed by atoms with van der Waals surface area (Å²) in [6.45, 7) is 2.00. The van der Waals surface area contributed by atoms with Gasteiger partial charge in [-0.05, 0) is 24.6 Å². The maximum absolute atomic E-state index is 12.6.